The highest BCUT2D eigenvalue weighted by Crippen LogP contribution is 2.39. The van der Waals surface area contributed by atoms with Crippen LogP contribution in [0.1, 0.15) is 34.7 Å². The average molecular weight is 435 g/mol. The monoisotopic (exact) mass is 433 g/mol. The molecule has 1 unspecified atom stereocenters. The Hall–Kier alpha value is -1.53. The van der Waals surface area contributed by atoms with E-state index in [1.807, 2.05) is 31.2 Å². The molecule has 1 aliphatic rings. The summed E-state index contributed by atoms with van der Waals surface area (Å²) in [4.78, 5) is 4.51. The summed E-state index contributed by atoms with van der Waals surface area (Å²) in [5, 5.41) is 9.36. The number of aromatic nitrogens is 1. The molecule has 1 aromatic heterocycles. The number of hydrogen-bond donors (Lipinski definition) is 2. The highest BCUT2D eigenvalue weighted by molar-refractivity contribution is 6.36. The number of fused-ring (bicyclic) bond motifs is 1. The average Bonchev–Trinajstić information content (AvgIpc) is 2.52. The van der Waals surface area contributed by atoms with Crippen LogP contribution in [0.5, 0.6) is 0 Å². The summed E-state index contributed by atoms with van der Waals surface area (Å²) in [6, 6.07) is 7.47. The number of nitrogens with zero attached hydrogens (tertiary/aromatic N) is 3. The molecule has 1 atom stereocenters. The Morgan fingerprint density at radius 2 is 1.77 bits per heavy atom. The SMILES string of the molecule is Cc1ccnc2c1/C(=N/N=C(N)N)CC(c1c(Cl)cccc1Cl)C2.Cl.Cl. The van der Waals surface area contributed by atoms with Crippen LogP contribution >= 0.6 is 48.0 Å². The largest absolute Gasteiger partial charge is 0.369 e. The predicted octanol–water partition coefficient (Wildman–Crippen LogP) is 4.25. The maximum atomic E-state index is 6.38. The summed E-state index contributed by atoms with van der Waals surface area (Å²) in [6.07, 6.45) is 3.17. The molecule has 140 valence electrons. The maximum absolute atomic E-state index is 6.38. The maximum Gasteiger partial charge on any atom is 0.211 e. The molecular formula is C17H19Cl4N5. The van der Waals surface area contributed by atoms with Gasteiger partial charge in [-0.1, -0.05) is 29.3 Å². The van der Waals surface area contributed by atoms with E-state index in [1.54, 1.807) is 6.20 Å². The molecule has 0 bridgehead atoms. The fraction of sp³-hybridized carbons (Fsp3) is 0.235. The summed E-state index contributed by atoms with van der Waals surface area (Å²) >= 11 is 12.8. The third-order valence-electron chi connectivity index (χ3n) is 4.10. The molecule has 1 heterocycles. The fourth-order valence-corrected chi connectivity index (χ4v) is 3.82. The zero-order valence-corrected chi connectivity index (χ0v) is 17.1. The van der Waals surface area contributed by atoms with E-state index in [0.29, 0.717) is 16.5 Å². The van der Waals surface area contributed by atoms with Crippen molar-refractivity contribution in [3.8, 4) is 0 Å². The summed E-state index contributed by atoms with van der Waals surface area (Å²) in [5.41, 5.74) is 15.6. The first kappa shape index (κ1) is 22.5. The van der Waals surface area contributed by atoms with Gasteiger partial charge in [0, 0.05) is 21.8 Å². The van der Waals surface area contributed by atoms with E-state index in [4.69, 9.17) is 34.7 Å². The van der Waals surface area contributed by atoms with Crippen molar-refractivity contribution >= 4 is 59.7 Å². The van der Waals surface area contributed by atoms with Gasteiger partial charge in [-0.05, 0) is 55.0 Å². The predicted molar refractivity (Wildman–Crippen MR) is 113 cm³/mol. The zero-order chi connectivity index (χ0) is 17.3. The summed E-state index contributed by atoms with van der Waals surface area (Å²) in [6.45, 7) is 2.02. The van der Waals surface area contributed by atoms with Crippen molar-refractivity contribution in [3.63, 3.8) is 0 Å². The van der Waals surface area contributed by atoms with Crippen molar-refractivity contribution in [3.05, 3.63) is 62.9 Å². The lowest BCUT2D eigenvalue weighted by atomic mass is 9.80. The molecule has 1 aromatic carbocycles. The molecule has 26 heavy (non-hydrogen) atoms. The summed E-state index contributed by atoms with van der Waals surface area (Å²) in [5.74, 6) is -0.00978. The van der Waals surface area contributed by atoms with Gasteiger partial charge in [-0.2, -0.15) is 5.10 Å². The van der Waals surface area contributed by atoms with Crippen LogP contribution in [0.15, 0.2) is 40.7 Å². The molecule has 0 aliphatic heterocycles. The van der Waals surface area contributed by atoms with Gasteiger partial charge in [-0.25, -0.2) is 0 Å². The third-order valence-corrected chi connectivity index (χ3v) is 4.76. The lowest BCUT2D eigenvalue weighted by Gasteiger charge is -2.27. The Bertz CT molecular complexity index is 827. The van der Waals surface area contributed by atoms with Crippen molar-refractivity contribution in [2.75, 3.05) is 0 Å². The second-order valence-electron chi connectivity index (χ2n) is 5.76. The lowest BCUT2D eigenvalue weighted by molar-refractivity contribution is 0.677. The van der Waals surface area contributed by atoms with Gasteiger partial charge in [0.25, 0.3) is 0 Å². The molecule has 0 saturated carbocycles. The van der Waals surface area contributed by atoms with Gasteiger partial charge in [0.2, 0.25) is 5.96 Å². The van der Waals surface area contributed by atoms with Crippen LogP contribution < -0.4 is 11.5 Å². The van der Waals surface area contributed by atoms with Gasteiger partial charge in [-0.3, -0.25) is 4.98 Å². The van der Waals surface area contributed by atoms with Crippen LogP contribution in [0.4, 0.5) is 0 Å². The Balaban J connectivity index is 0.00000169. The van der Waals surface area contributed by atoms with Crippen LogP contribution in [-0.4, -0.2) is 16.7 Å². The first-order chi connectivity index (χ1) is 11.5. The Kier molecular flexibility index (Phi) is 8.15. The van der Waals surface area contributed by atoms with Gasteiger partial charge in [0.15, 0.2) is 0 Å². The van der Waals surface area contributed by atoms with Crippen molar-refractivity contribution in [2.24, 2.45) is 21.7 Å². The number of hydrogen-bond acceptors (Lipinski definition) is 3. The normalized spacial score (nSPS) is 16.9. The summed E-state index contributed by atoms with van der Waals surface area (Å²) in [7, 11) is 0. The Labute approximate surface area is 174 Å². The molecule has 3 rings (SSSR count). The van der Waals surface area contributed by atoms with E-state index in [0.717, 1.165) is 34.5 Å². The molecule has 5 nitrogen and oxygen atoms in total. The van der Waals surface area contributed by atoms with Crippen molar-refractivity contribution in [2.45, 2.75) is 25.7 Å². The van der Waals surface area contributed by atoms with E-state index in [9.17, 15) is 0 Å². The van der Waals surface area contributed by atoms with Crippen LogP contribution in [0.25, 0.3) is 0 Å². The molecule has 2 aromatic rings. The molecular weight excluding hydrogens is 416 g/mol. The second kappa shape index (κ2) is 9.42. The van der Waals surface area contributed by atoms with E-state index < -0.39 is 0 Å². The topological polar surface area (TPSA) is 89.6 Å². The molecule has 0 amide bonds. The molecule has 0 spiro atoms. The van der Waals surface area contributed by atoms with E-state index in [2.05, 4.69) is 15.2 Å². The van der Waals surface area contributed by atoms with Crippen molar-refractivity contribution in [1.82, 2.24) is 4.98 Å². The molecule has 0 radical (unpaired) electrons. The quantitative estimate of drug-likeness (QED) is 0.420. The minimum Gasteiger partial charge on any atom is -0.369 e. The van der Waals surface area contributed by atoms with Crippen molar-refractivity contribution < 1.29 is 0 Å². The van der Waals surface area contributed by atoms with E-state index in [-0.39, 0.29) is 36.7 Å². The number of nitrogens with two attached hydrogens (primary N) is 2. The number of pyridine rings is 1. The van der Waals surface area contributed by atoms with Gasteiger partial charge in [0.05, 0.1) is 11.4 Å². The molecule has 4 N–H and O–H groups in total. The van der Waals surface area contributed by atoms with Crippen LogP contribution in [-0.2, 0) is 6.42 Å². The second-order valence-corrected chi connectivity index (χ2v) is 6.58. The number of rotatable bonds is 2. The highest BCUT2D eigenvalue weighted by atomic mass is 35.5. The zero-order valence-electron chi connectivity index (χ0n) is 13.9. The minimum atomic E-state index is -0.0801. The lowest BCUT2D eigenvalue weighted by Crippen LogP contribution is -2.24. The smallest absolute Gasteiger partial charge is 0.211 e. The minimum absolute atomic E-state index is 0. The van der Waals surface area contributed by atoms with Crippen LogP contribution in [0, 0.1) is 6.92 Å². The van der Waals surface area contributed by atoms with Gasteiger partial charge in [-0.15, -0.1) is 29.9 Å². The fourth-order valence-electron chi connectivity index (χ4n) is 3.12. The highest BCUT2D eigenvalue weighted by Gasteiger charge is 2.29. The first-order valence-corrected chi connectivity index (χ1v) is 8.27. The molecule has 0 fully saturated rings. The molecule has 9 heteroatoms. The Morgan fingerprint density at radius 3 is 2.38 bits per heavy atom. The first-order valence-electron chi connectivity index (χ1n) is 7.51. The van der Waals surface area contributed by atoms with Crippen LogP contribution in [0.3, 0.4) is 0 Å². The Morgan fingerprint density at radius 1 is 1.12 bits per heavy atom. The standard InChI is InChI=1S/C17H17Cl2N5.2ClH/c1-9-5-6-22-13-7-10(16-11(18)3-2-4-12(16)19)8-14(15(9)13)23-24-17(20)21;;/h2-6,10H,7-8H2,1H3,(H4,20,21,24);2*1H/b23-14+;;. The number of guanidine groups is 1. The van der Waals surface area contributed by atoms with Crippen molar-refractivity contribution in [1.29, 1.82) is 0 Å². The van der Waals surface area contributed by atoms with Crippen LogP contribution in [0.2, 0.25) is 10.0 Å². The van der Waals surface area contributed by atoms with Gasteiger partial charge >= 0.3 is 0 Å². The third kappa shape index (κ3) is 4.60. The molecule has 1 aliphatic carbocycles. The molecule has 0 saturated heterocycles. The summed E-state index contributed by atoms with van der Waals surface area (Å²) < 4.78 is 0. The van der Waals surface area contributed by atoms with Gasteiger partial charge < -0.3 is 11.5 Å². The van der Waals surface area contributed by atoms with E-state index >= 15 is 0 Å². The number of aryl methyl sites for hydroxylation is 1. The number of benzene rings is 1. The number of halogens is 4. The van der Waals surface area contributed by atoms with Gasteiger partial charge in [0.1, 0.15) is 0 Å². The van der Waals surface area contributed by atoms with E-state index in [1.165, 1.54) is 0 Å².